The zero-order valence-corrected chi connectivity index (χ0v) is 13.6. The van der Waals surface area contributed by atoms with Gasteiger partial charge in [-0.25, -0.2) is 4.98 Å². The number of aryl methyl sites for hydroxylation is 1. The third-order valence-corrected chi connectivity index (χ3v) is 3.69. The van der Waals surface area contributed by atoms with Gasteiger partial charge in [-0.3, -0.25) is 4.79 Å². The topological polar surface area (TPSA) is 78.8 Å². The standard InChI is InChI=1S/C16H17N3O2S/c1-4-7-21-13-6-5-11(8-10(13)2)14-12(9-17)15(20)19-16(18-14)22-3/h5-6,8H,4,7H2,1-3H3,(H,18,19,20). The van der Waals surface area contributed by atoms with Gasteiger partial charge in [-0.1, -0.05) is 18.7 Å². The van der Waals surface area contributed by atoms with E-state index in [0.29, 0.717) is 17.5 Å². The monoisotopic (exact) mass is 315 g/mol. The molecule has 0 spiro atoms. The number of aromatic amines is 1. The summed E-state index contributed by atoms with van der Waals surface area (Å²) < 4.78 is 5.64. The highest BCUT2D eigenvalue weighted by Gasteiger charge is 2.14. The van der Waals surface area contributed by atoms with Crippen molar-refractivity contribution in [2.75, 3.05) is 12.9 Å². The fourth-order valence-electron chi connectivity index (χ4n) is 2.03. The molecule has 0 unspecified atom stereocenters. The predicted molar refractivity (Wildman–Crippen MR) is 87.3 cm³/mol. The van der Waals surface area contributed by atoms with Crippen LogP contribution in [0.3, 0.4) is 0 Å². The van der Waals surface area contributed by atoms with Crippen LogP contribution in [0.5, 0.6) is 5.75 Å². The van der Waals surface area contributed by atoms with Crippen LogP contribution >= 0.6 is 11.8 Å². The smallest absolute Gasteiger partial charge is 0.270 e. The second-order valence-corrected chi connectivity index (χ2v) is 5.53. The third-order valence-electron chi connectivity index (χ3n) is 3.11. The number of benzene rings is 1. The number of H-pyrrole nitrogens is 1. The lowest BCUT2D eigenvalue weighted by Crippen LogP contribution is -2.14. The molecular weight excluding hydrogens is 298 g/mol. The Balaban J connectivity index is 2.52. The molecule has 2 rings (SSSR count). The fourth-order valence-corrected chi connectivity index (χ4v) is 2.41. The van der Waals surface area contributed by atoms with Gasteiger partial charge in [0.2, 0.25) is 0 Å². The maximum absolute atomic E-state index is 12.0. The van der Waals surface area contributed by atoms with Crippen molar-refractivity contribution in [1.82, 2.24) is 9.97 Å². The summed E-state index contributed by atoms with van der Waals surface area (Å²) in [5.41, 5.74) is 1.70. The highest BCUT2D eigenvalue weighted by molar-refractivity contribution is 7.98. The first-order valence-corrected chi connectivity index (χ1v) is 8.15. The lowest BCUT2D eigenvalue weighted by atomic mass is 10.0. The number of hydrogen-bond acceptors (Lipinski definition) is 5. The number of nitrogens with zero attached hydrogens (tertiary/aromatic N) is 2. The van der Waals surface area contributed by atoms with E-state index in [1.165, 1.54) is 11.8 Å². The second-order valence-electron chi connectivity index (χ2n) is 4.74. The Morgan fingerprint density at radius 3 is 2.82 bits per heavy atom. The Labute approximate surface area is 133 Å². The Morgan fingerprint density at radius 2 is 2.23 bits per heavy atom. The van der Waals surface area contributed by atoms with Crippen molar-refractivity contribution < 1.29 is 4.74 Å². The first-order valence-electron chi connectivity index (χ1n) is 6.93. The lowest BCUT2D eigenvalue weighted by Gasteiger charge is -2.10. The average Bonchev–Trinajstić information content (AvgIpc) is 2.52. The van der Waals surface area contributed by atoms with E-state index in [0.717, 1.165) is 23.3 Å². The van der Waals surface area contributed by atoms with E-state index in [4.69, 9.17) is 4.74 Å². The van der Waals surface area contributed by atoms with Gasteiger partial charge in [0.25, 0.3) is 5.56 Å². The highest BCUT2D eigenvalue weighted by atomic mass is 32.2. The summed E-state index contributed by atoms with van der Waals surface area (Å²) in [6, 6.07) is 7.50. The van der Waals surface area contributed by atoms with Crippen molar-refractivity contribution in [2.24, 2.45) is 0 Å². The van der Waals surface area contributed by atoms with Crippen LogP contribution in [0.15, 0.2) is 28.2 Å². The number of nitrogens with one attached hydrogen (secondary N) is 1. The highest BCUT2D eigenvalue weighted by Crippen LogP contribution is 2.27. The average molecular weight is 315 g/mol. The van der Waals surface area contributed by atoms with Gasteiger partial charge in [0.15, 0.2) is 5.16 Å². The molecule has 2 aromatic rings. The molecule has 0 radical (unpaired) electrons. The molecular formula is C16H17N3O2S. The number of hydrogen-bond donors (Lipinski definition) is 1. The molecule has 0 aliphatic carbocycles. The summed E-state index contributed by atoms with van der Waals surface area (Å²) in [5.74, 6) is 0.805. The number of aromatic nitrogens is 2. The molecule has 0 saturated carbocycles. The van der Waals surface area contributed by atoms with Gasteiger partial charge in [-0.2, -0.15) is 5.26 Å². The van der Waals surface area contributed by atoms with Crippen LogP contribution in [0.1, 0.15) is 24.5 Å². The number of rotatable bonds is 5. The molecule has 0 saturated heterocycles. The summed E-state index contributed by atoms with van der Waals surface area (Å²) in [6.07, 6.45) is 2.76. The van der Waals surface area contributed by atoms with E-state index in [2.05, 4.69) is 9.97 Å². The van der Waals surface area contributed by atoms with Crippen LogP contribution in [0.4, 0.5) is 0 Å². The van der Waals surface area contributed by atoms with Crippen LogP contribution in [-0.2, 0) is 0 Å². The molecule has 22 heavy (non-hydrogen) atoms. The largest absolute Gasteiger partial charge is 0.493 e. The Morgan fingerprint density at radius 1 is 1.45 bits per heavy atom. The molecule has 1 heterocycles. The zero-order chi connectivity index (χ0) is 16.1. The second kappa shape index (κ2) is 7.14. The Hall–Kier alpha value is -2.26. The molecule has 0 bridgehead atoms. The van der Waals surface area contributed by atoms with E-state index in [1.807, 2.05) is 44.4 Å². The van der Waals surface area contributed by atoms with Crippen molar-refractivity contribution in [2.45, 2.75) is 25.4 Å². The van der Waals surface area contributed by atoms with Gasteiger partial charge in [0.05, 0.1) is 12.3 Å². The minimum atomic E-state index is -0.416. The summed E-state index contributed by atoms with van der Waals surface area (Å²) in [6.45, 7) is 4.64. The lowest BCUT2D eigenvalue weighted by molar-refractivity contribution is 0.315. The van der Waals surface area contributed by atoms with Gasteiger partial charge in [-0.05, 0) is 43.4 Å². The van der Waals surface area contributed by atoms with Crippen molar-refractivity contribution in [3.63, 3.8) is 0 Å². The van der Waals surface area contributed by atoms with Crippen LogP contribution in [0.2, 0.25) is 0 Å². The summed E-state index contributed by atoms with van der Waals surface area (Å²) in [5, 5.41) is 9.71. The van der Waals surface area contributed by atoms with Crippen LogP contribution in [0, 0.1) is 18.3 Å². The van der Waals surface area contributed by atoms with E-state index in [-0.39, 0.29) is 5.56 Å². The Kier molecular flexibility index (Phi) is 5.23. The fraction of sp³-hybridized carbons (Fsp3) is 0.312. The van der Waals surface area contributed by atoms with Crippen molar-refractivity contribution in [3.05, 3.63) is 39.7 Å². The number of ether oxygens (including phenoxy) is 1. The molecule has 0 aliphatic rings. The van der Waals surface area contributed by atoms with Gasteiger partial charge < -0.3 is 9.72 Å². The molecule has 1 aromatic carbocycles. The first-order chi connectivity index (χ1) is 10.6. The quantitative estimate of drug-likeness (QED) is 0.677. The van der Waals surface area contributed by atoms with Crippen LogP contribution < -0.4 is 10.3 Å². The molecule has 1 N–H and O–H groups in total. The van der Waals surface area contributed by atoms with Gasteiger partial charge in [-0.15, -0.1) is 0 Å². The molecule has 0 fully saturated rings. The molecule has 114 valence electrons. The van der Waals surface area contributed by atoms with Gasteiger partial charge >= 0.3 is 0 Å². The Bertz CT molecular complexity index is 778. The van der Waals surface area contributed by atoms with Crippen LogP contribution in [0.25, 0.3) is 11.3 Å². The van der Waals surface area contributed by atoms with Crippen molar-refractivity contribution in [3.8, 4) is 23.1 Å². The van der Waals surface area contributed by atoms with E-state index < -0.39 is 5.56 Å². The van der Waals surface area contributed by atoms with Gasteiger partial charge in [0, 0.05) is 5.56 Å². The molecule has 6 heteroatoms. The summed E-state index contributed by atoms with van der Waals surface area (Å²) >= 11 is 1.33. The third kappa shape index (κ3) is 3.31. The zero-order valence-electron chi connectivity index (χ0n) is 12.8. The number of thioether (sulfide) groups is 1. The normalized spacial score (nSPS) is 10.3. The molecule has 0 amide bonds. The molecule has 5 nitrogen and oxygen atoms in total. The van der Waals surface area contributed by atoms with Crippen LogP contribution in [-0.4, -0.2) is 22.8 Å². The van der Waals surface area contributed by atoms with E-state index >= 15 is 0 Å². The first kappa shape index (κ1) is 16.1. The number of nitriles is 1. The minimum Gasteiger partial charge on any atom is -0.493 e. The van der Waals surface area contributed by atoms with E-state index in [9.17, 15) is 10.1 Å². The van der Waals surface area contributed by atoms with Crippen molar-refractivity contribution >= 4 is 11.8 Å². The summed E-state index contributed by atoms with van der Waals surface area (Å²) in [4.78, 5) is 18.9. The summed E-state index contributed by atoms with van der Waals surface area (Å²) in [7, 11) is 0. The van der Waals surface area contributed by atoms with Gasteiger partial charge in [0.1, 0.15) is 17.4 Å². The molecule has 0 atom stereocenters. The predicted octanol–water partition coefficient (Wildman–Crippen LogP) is 3.13. The molecule has 0 aliphatic heterocycles. The van der Waals surface area contributed by atoms with E-state index in [1.54, 1.807) is 0 Å². The van der Waals surface area contributed by atoms with Crippen molar-refractivity contribution in [1.29, 1.82) is 5.26 Å². The SMILES string of the molecule is CCCOc1ccc(-c2nc(SC)[nH]c(=O)c2C#N)cc1C. The maximum atomic E-state index is 12.0. The minimum absolute atomic E-state index is 0.0272. The maximum Gasteiger partial charge on any atom is 0.270 e. The molecule has 1 aromatic heterocycles.